The summed E-state index contributed by atoms with van der Waals surface area (Å²) in [6.07, 6.45) is 2.79. The van der Waals surface area contributed by atoms with Gasteiger partial charge >= 0.3 is 0 Å². The van der Waals surface area contributed by atoms with Gasteiger partial charge in [0.15, 0.2) is 0 Å². The van der Waals surface area contributed by atoms with Crippen LogP contribution in [-0.2, 0) is 23.0 Å². The molecule has 0 bridgehead atoms. The van der Waals surface area contributed by atoms with Crippen LogP contribution in [0.2, 0.25) is 0 Å². The third kappa shape index (κ3) is 4.69. The smallest absolute Gasteiger partial charge is 0.240 e. The van der Waals surface area contributed by atoms with E-state index in [1.807, 2.05) is 0 Å². The van der Waals surface area contributed by atoms with Crippen LogP contribution in [0, 0.1) is 12.7 Å². The van der Waals surface area contributed by atoms with Crippen molar-refractivity contribution in [2.24, 2.45) is 0 Å². The van der Waals surface area contributed by atoms with Crippen molar-refractivity contribution in [3.63, 3.8) is 0 Å². The maximum Gasteiger partial charge on any atom is 0.240 e. The third-order valence-electron chi connectivity index (χ3n) is 4.84. The number of hydrogen-bond donors (Lipinski definition) is 1. The minimum atomic E-state index is -3.58. The molecule has 2 aromatic carbocycles. The standard InChI is InChI=1S/C20H25FN2O2S/c1-16-14-19(8-9-20(16)21)26(24,25)22-11-4-5-12-23-13-10-17-6-2-3-7-18(17)15-23/h2-3,6-9,14,22H,4-5,10-13,15H2,1H3. The number of aryl methyl sites for hydroxylation is 1. The molecule has 140 valence electrons. The second-order valence-corrected chi connectivity index (χ2v) is 8.58. The molecule has 0 aromatic heterocycles. The molecule has 0 radical (unpaired) electrons. The van der Waals surface area contributed by atoms with Gasteiger partial charge in [0.05, 0.1) is 4.90 Å². The molecule has 0 unspecified atom stereocenters. The lowest BCUT2D eigenvalue weighted by molar-refractivity contribution is 0.249. The number of nitrogens with zero attached hydrogens (tertiary/aromatic N) is 1. The molecule has 0 aliphatic carbocycles. The van der Waals surface area contributed by atoms with Crippen LogP contribution in [-0.4, -0.2) is 33.0 Å². The lowest BCUT2D eigenvalue weighted by Gasteiger charge is -2.28. The maximum atomic E-state index is 13.3. The first-order chi connectivity index (χ1) is 12.5. The van der Waals surface area contributed by atoms with E-state index in [2.05, 4.69) is 33.9 Å². The highest BCUT2D eigenvalue weighted by Gasteiger charge is 2.16. The molecule has 0 saturated heterocycles. The summed E-state index contributed by atoms with van der Waals surface area (Å²) in [4.78, 5) is 2.53. The van der Waals surface area contributed by atoms with E-state index >= 15 is 0 Å². The lowest BCUT2D eigenvalue weighted by atomic mass is 10.00. The zero-order valence-electron chi connectivity index (χ0n) is 15.0. The predicted molar refractivity (Wildman–Crippen MR) is 101 cm³/mol. The number of rotatable bonds is 7. The third-order valence-corrected chi connectivity index (χ3v) is 6.30. The minimum Gasteiger partial charge on any atom is -0.299 e. The Morgan fingerprint density at radius 1 is 1.12 bits per heavy atom. The Labute approximate surface area is 155 Å². The van der Waals surface area contributed by atoms with E-state index in [1.54, 1.807) is 6.92 Å². The number of benzene rings is 2. The Morgan fingerprint density at radius 3 is 2.65 bits per heavy atom. The van der Waals surface area contributed by atoms with Gasteiger partial charge in [-0.2, -0.15) is 0 Å². The number of hydrogen-bond acceptors (Lipinski definition) is 3. The number of nitrogens with one attached hydrogen (secondary N) is 1. The molecule has 4 nitrogen and oxygen atoms in total. The van der Waals surface area contributed by atoms with Crippen molar-refractivity contribution in [3.8, 4) is 0 Å². The molecule has 1 aliphatic rings. The molecule has 0 amide bonds. The molecule has 0 fully saturated rings. The average Bonchev–Trinajstić information content (AvgIpc) is 2.63. The van der Waals surface area contributed by atoms with Crippen molar-refractivity contribution in [1.29, 1.82) is 0 Å². The van der Waals surface area contributed by atoms with E-state index in [4.69, 9.17) is 0 Å². The quantitative estimate of drug-likeness (QED) is 0.755. The Kier molecular flexibility index (Phi) is 6.06. The van der Waals surface area contributed by atoms with Gasteiger partial charge in [-0.15, -0.1) is 0 Å². The maximum absolute atomic E-state index is 13.3. The van der Waals surface area contributed by atoms with Gasteiger partial charge in [0.2, 0.25) is 10.0 Å². The van der Waals surface area contributed by atoms with E-state index < -0.39 is 15.8 Å². The number of unbranched alkanes of at least 4 members (excludes halogenated alkanes) is 1. The highest BCUT2D eigenvalue weighted by atomic mass is 32.2. The molecule has 0 saturated carbocycles. The summed E-state index contributed by atoms with van der Waals surface area (Å²) >= 11 is 0. The first kappa shape index (κ1) is 19.0. The Morgan fingerprint density at radius 2 is 1.88 bits per heavy atom. The second kappa shape index (κ2) is 8.29. The number of halogens is 1. The van der Waals surface area contributed by atoms with Gasteiger partial charge in [0.1, 0.15) is 5.82 Å². The van der Waals surface area contributed by atoms with E-state index in [-0.39, 0.29) is 4.90 Å². The fourth-order valence-electron chi connectivity index (χ4n) is 3.28. The summed E-state index contributed by atoms with van der Waals surface area (Å²) in [5.41, 5.74) is 3.16. The summed E-state index contributed by atoms with van der Waals surface area (Å²) < 4.78 is 40.4. The number of sulfonamides is 1. The lowest BCUT2D eigenvalue weighted by Crippen LogP contribution is -2.32. The molecule has 1 heterocycles. The first-order valence-electron chi connectivity index (χ1n) is 9.01. The second-order valence-electron chi connectivity index (χ2n) is 6.81. The van der Waals surface area contributed by atoms with Crippen molar-refractivity contribution in [2.75, 3.05) is 19.6 Å². The molecule has 3 rings (SSSR count). The average molecular weight is 376 g/mol. The van der Waals surface area contributed by atoms with Crippen LogP contribution in [0.5, 0.6) is 0 Å². The van der Waals surface area contributed by atoms with E-state index in [9.17, 15) is 12.8 Å². The Hall–Kier alpha value is -1.76. The van der Waals surface area contributed by atoms with Crippen LogP contribution in [0.3, 0.4) is 0 Å². The zero-order chi connectivity index (χ0) is 18.6. The van der Waals surface area contributed by atoms with E-state index in [1.165, 1.54) is 29.3 Å². The largest absolute Gasteiger partial charge is 0.299 e. The van der Waals surface area contributed by atoms with Crippen LogP contribution in [0.25, 0.3) is 0 Å². The van der Waals surface area contributed by atoms with Gasteiger partial charge in [-0.3, -0.25) is 4.90 Å². The van der Waals surface area contributed by atoms with Crippen LogP contribution in [0.15, 0.2) is 47.4 Å². The topological polar surface area (TPSA) is 49.4 Å². The molecular weight excluding hydrogens is 351 g/mol. The Balaban J connectivity index is 1.42. The summed E-state index contributed by atoms with van der Waals surface area (Å²) in [7, 11) is -3.58. The summed E-state index contributed by atoms with van der Waals surface area (Å²) in [6, 6.07) is 12.4. The SMILES string of the molecule is Cc1cc(S(=O)(=O)NCCCCN2CCc3ccccc3C2)ccc1F. The normalized spacial score (nSPS) is 15.0. The fourth-order valence-corrected chi connectivity index (χ4v) is 4.44. The van der Waals surface area contributed by atoms with Gasteiger partial charge in [-0.1, -0.05) is 24.3 Å². The molecule has 1 N–H and O–H groups in total. The molecule has 26 heavy (non-hydrogen) atoms. The summed E-state index contributed by atoms with van der Waals surface area (Å²) in [5, 5.41) is 0. The van der Waals surface area contributed by atoms with E-state index in [0.717, 1.165) is 38.9 Å². The minimum absolute atomic E-state index is 0.115. The monoisotopic (exact) mass is 376 g/mol. The fraction of sp³-hybridized carbons (Fsp3) is 0.400. The van der Waals surface area contributed by atoms with Crippen LogP contribution >= 0.6 is 0 Å². The first-order valence-corrected chi connectivity index (χ1v) is 10.5. The van der Waals surface area contributed by atoms with Crippen molar-refractivity contribution >= 4 is 10.0 Å². The van der Waals surface area contributed by atoms with Crippen molar-refractivity contribution in [1.82, 2.24) is 9.62 Å². The zero-order valence-corrected chi connectivity index (χ0v) is 15.9. The Bertz CT molecular complexity index is 868. The summed E-state index contributed by atoms with van der Waals surface area (Å²) in [5.74, 6) is -0.396. The van der Waals surface area contributed by atoms with Crippen LogP contribution in [0.1, 0.15) is 29.5 Å². The summed E-state index contributed by atoms with van der Waals surface area (Å²) in [6.45, 7) is 4.94. The number of fused-ring (bicyclic) bond motifs is 1. The molecule has 0 spiro atoms. The van der Waals surface area contributed by atoms with Gasteiger partial charge in [0.25, 0.3) is 0 Å². The molecule has 0 atom stereocenters. The van der Waals surface area contributed by atoms with Gasteiger partial charge in [0, 0.05) is 19.6 Å². The van der Waals surface area contributed by atoms with Gasteiger partial charge < -0.3 is 0 Å². The molecule has 6 heteroatoms. The van der Waals surface area contributed by atoms with Crippen molar-refractivity contribution in [3.05, 3.63) is 65.0 Å². The van der Waals surface area contributed by atoms with Crippen molar-refractivity contribution in [2.45, 2.75) is 37.6 Å². The molecule has 1 aliphatic heterocycles. The van der Waals surface area contributed by atoms with Crippen molar-refractivity contribution < 1.29 is 12.8 Å². The van der Waals surface area contributed by atoms with Crippen LogP contribution in [0.4, 0.5) is 4.39 Å². The highest BCUT2D eigenvalue weighted by Crippen LogP contribution is 2.18. The van der Waals surface area contributed by atoms with Crippen LogP contribution < -0.4 is 4.72 Å². The highest BCUT2D eigenvalue weighted by molar-refractivity contribution is 7.89. The van der Waals surface area contributed by atoms with E-state index in [0.29, 0.717) is 12.1 Å². The molecule has 2 aromatic rings. The predicted octanol–water partition coefficient (Wildman–Crippen LogP) is 3.25. The van der Waals surface area contributed by atoms with Gasteiger partial charge in [-0.25, -0.2) is 17.5 Å². The molecular formula is C20H25FN2O2S. The van der Waals surface area contributed by atoms with Gasteiger partial charge in [-0.05, 0) is 67.6 Å².